The van der Waals surface area contributed by atoms with Gasteiger partial charge in [0.2, 0.25) is 5.43 Å². The van der Waals surface area contributed by atoms with Crippen molar-refractivity contribution in [3.05, 3.63) is 28.3 Å². The van der Waals surface area contributed by atoms with Crippen molar-refractivity contribution in [2.24, 2.45) is 5.92 Å². The minimum absolute atomic E-state index is 0.320. The molecule has 0 bridgehead atoms. The van der Waals surface area contributed by atoms with E-state index in [1.807, 2.05) is 0 Å². The molecule has 2 aliphatic rings. The standard InChI is InChI=1S/C15H22N2O3/c18-14-8-12(20-10-15(14)19)9-17-6-3-11(4-7-17)13-2-1-5-16-13/h8,10-11,13,16,19H,1-7,9H2. The highest BCUT2D eigenvalue weighted by Crippen LogP contribution is 2.26. The molecule has 5 heteroatoms. The van der Waals surface area contributed by atoms with E-state index in [2.05, 4.69) is 10.2 Å². The van der Waals surface area contributed by atoms with Crippen LogP contribution < -0.4 is 10.7 Å². The van der Waals surface area contributed by atoms with Gasteiger partial charge in [-0.1, -0.05) is 0 Å². The third kappa shape index (κ3) is 3.04. The summed E-state index contributed by atoms with van der Waals surface area (Å²) in [4.78, 5) is 13.7. The highest BCUT2D eigenvalue weighted by molar-refractivity contribution is 5.15. The SMILES string of the molecule is O=c1cc(CN2CCC(C3CCCN3)CC2)occ1O. The molecule has 3 rings (SSSR count). The van der Waals surface area contributed by atoms with Gasteiger partial charge in [-0.3, -0.25) is 9.69 Å². The molecule has 5 nitrogen and oxygen atoms in total. The molecule has 1 atom stereocenters. The summed E-state index contributed by atoms with van der Waals surface area (Å²) in [5.41, 5.74) is -0.365. The Morgan fingerprint density at radius 2 is 2.15 bits per heavy atom. The fourth-order valence-electron chi connectivity index (χ4n) is 3.37. The van der Waals surface area contributed by atoms with Crippen LogP contribution in [0.25, 0.3) is 0 Å². The van der Waals surface area contributed by atoms with Crippen molar-refractivity contribution in [1.82, 2.24) is 10.2 Å². The number of nitrogens with one attached hydrogen (secondary N) is 1. The van der Waals surface area contributed by atoms with Crippen LogP contribution in [0, 0.1) is 5.92 Å². The first-order valence-electron chi connectivity index (χ1n) is 7.49. The highest BCUT2D eigenvalue weighted by Gasteiger charge is 2.28. The van der Waals surface area contributed by atoms with Gasteiger partial charge in [0, 0.05) is 12.1 Å². The topological polar surface area (TPSA) is 65.7 Å². The molecule has 0 aromatic carbocycles. The van der Waals surface area contributed by atoms with Gasteiger partial charge in [0.05, 0.1) is 6.54 Å². The van der Waals surface area contributed by atoms with Crippen molar-refractivity contribution >= 4 is 0 Å². The van der Waals surface area contributed by atoms with Crippen LogP contribution in [0.4, 0.5) is 0 Å². The van der Waals surface area contributed by atoms with Crippen LogP contribution >= 0.6 is 0 Å². The normalized spacial score (nSPS) is 25.1. The van der Waals surface area contributed by atoms with Gasteiger partial charge >= 0.3 is 0 Å². The largest absolute Gasteiger partial charge is 0.502 e. The molecular formula is C15H22N2O3. The molecular weight excluding hydrogens is 256 g/mol. The molecule has 2 N–H and O–H groups in total. The van der Waals surface area contributed by atoms with Gasteiger partial charge in [-0.2, -0.15) is 0 Å². The average Bonchev–Trinajstić information content (AvgIpc) is 2.98. The zero-order chi connectivity index (χ0) is 13.9. The molecule has 2 aliphatic heterocycles. The number of hydrogen-bond acceptors (Lipinski definition) is 5. The lowest BCUT2D eigenvalue weighted by atomic mass is 9.88. The number of nitrogens with zero attached hydrogens (tertiary/aromatic N) is 1. The van der Waals surface area contributed by atoms with Crippen LogP contribution in [0.5, 0.6) is 5.75 Å². The zero-order valence-corrected chi connectivity index (χ0v) is 11.7. The summed E-state index contributed by atoms with van der Waals surface area (Å²) in [5, 5.41) is 12.8. The first kappa shape index (κ1) is 13.6. The summed E-state index contributed by atoms with van der Waals surface area (Å²) in [7, 11) is 0. The van der Waals surface area contributed by atoms with Gasteiger partial charge in [0.1, 0.15) is 12.0 Å². The first-order valence-corrected chi connectivity index (χ1v) is 7.49. The van der Waals surface area contributed by atoms with E-state index in [0.717, 1.165) is 25.3 Å². The highest BCUT2D eigenvalue weighted by atomic mass is 16.4. The van der Waals surface area contributed by atoms with E-state index >= 15 is 0 Å². The van der Waals surface area contributed by atoms with E-state index in [9.17, 15) is 9.90 Å². The molecule has 1 aromatic heterocycles. The van der Waals surface area contributed by atoms with Crippen molar-refractivity contribution in [3.8, 4) is 5.75 Å². The van der Waals surface area contributed by atoms with E-state index in [1.165, 1.54) is 38.3 Å². The maximum Gasteiger partial charge on any atom is 0.226 e. The van der Waals surface area contributed by atoms with Gasteiger partial charge < -0.3 is 14.8 Å². The minimum Gasteiger partial charge on any atom is -0.502 e. The lowest BCUT2D eigenvalue weighted by Crippen LogP contribution is -2.40. The Kier molecular flexibility index (Phi) is 4.08. The monoisotopic (exact) mass is 278 g/mol. The summed E-state index contributed by atoms with van der Waals surface area (Å²) < 4.78 is 5.26. The van der Waals surface area contributed by atoms with Gasteiger partial charge in [-0.25, -0.2) is 0 Å². The van der Waals surface area contributed by atoms with Crippen LogP contribution in [-0.2, 0) is 6.54 Å². The van der Waals surface area contributed by atoms with Crippen molar-refractivity contribution < 1.29 is 9.52 Å². The maximum absolute atomic E-state index is 11.4. The van der Waals surface area contributed by atoms with E-state index in [4.69, 9.17) is 4.42 Å². The molecule has 110 valence electrons. The number of likely N-dealkylation sites (tertiary alicyclic amines) is 1. The second-order valence-electron chi connectivity index (χ2n) is 5.91. The number of hydrogen-bond donors (Lipinski definition) is 2. The summed E-state index contributed by atoms with van der Waals surface area (Å²) in [6.07, 6.45) is 6.17. The van der Waals surface area contributed by atoms with Gasteiger partial charge in [-0.15, -0.1) is 0 Å². The predicted molar refractivity (Wildman–Crippen MR) is 75.7 cm³/mol. The molecule has 20 heavy (non-hydrogen) atoms. The molecule has 1 aromatic rings. The van der Waals surface area contributed by atoms with Crippen LogP contribution in [0.3, 0.4) is 0 Å². The minimum atomic E-state index is -0.365. The molecule has 0 saturated carbocycles. The van der Waals surface area contributed by atoms with Crippen molar-refractivity contribution in [2.45, 2.75) is 38.3 Å². The van der Waals surface area contributed by atoms with Gasteiger partial charge in [0.25, 0.3) is 0 Å². The van der Waals surface area contributed by atoms with Crippen LogP contribution in [-0.4, -0.2) is 35.7 Å². The third-order valence-electron chi connectivity index (χ3n) is 4.55. The Morgan fingerprint density at radius 3 is 2.80 bits per heavy atom. The lowest BCUT2D eigenvalue weighted by molar-refractivity contribution is 0.147. The third-order valence-corrected chi connectivity index (χ3v) is 4.55. The van der Waals surface area contributed by atoms with Gasteiger partial charge in [-0.05, 0) is 51.2 Å². The molecule has 1 unspecified atom stereocenters. The molecule has 0 radical (unpaired) electrons. The smallest absolute Gasteiger partial charge is 0.226 e. The first-order chi connectivity index (χ1) is 9.72. The molecule has 2 fully saturated rings. The molecule has 0 aliphatic carbocycles. The molecule has 0 spiro atoms. The Hall–Kier alpha value is -1.33. The predicted octanol–water partition coefficient (Wildman–Crippen LogP) is 1.31. The number of rotatable bonds is 3. The summed E-state index contributed by atoms with van der Waals surface area (Å²) in [6.45, 7) is 3.92. The fraction of sp³-hybridized carbons (Fsp3) is 0.667. The Labute approximate surface area is 118 Å². The summed E-state index contributed by atoms with van der Waals surface area (Å²) in [6, 6.07) is 2.10. The van der Waals surface area contributed by atoms with Crippen LogP contribution in [0.15, 0.2) is 21.5 Å². The summed E-state index contributed by atoms with van der Waals surface area (Å²) in [5.74, 6) is 1.10. The van der Waals surface area contributed by atoms with Crippen LogP contribution in [0.2, 0.25) is 0 Å². The fourth-order valence-corrected chi connectivity index (χ4v) is 3.37. The van der Waals surface area contributed by atoms with Crippen molar-refractivity contribution in [3.63, 3.8) is 0 Å². The Morgan fingerprint density at radius 1 is 1.35 bits per heavy atom. The maximum atomic E-state index is 11.4. The molecule has 0 amide bonds. The average molecular weight is 278 g/mol. The number of piperidine rings is 1. The van der Waals surface area contributed by atoms with Crippen LogP contribution in [0.1, 0.15) is 31.4 Å². The zero-order valence-electron chi connectivity index (χ0n) is 11.7. The number of aromatic hydroxyl groups is 1. The Balaban J connectivity index is 1.53. The lowest BCUT2D eigenvalue weighted by Gasteiger charge is -2.34. The van der Waals surface area contributed by atoms with Gasteiger partial charge in [0.15, 0.2) is 5.75 Å². The molecule has 3 heterocycles. The quantitative estimate of drug-likeness (QED) is 0.872. The van der Waals surface area contributed by atoms with E-state index in [0.29, 0.717) is 18.3 Å². The molecule has 2 saturated heterocycles. The van der Waals surface area contributed by atoms with E-state index in [1.54, 1.807) is 0 Å². The van der Waals surface area contributed by atoms with Crippen molar-refractivity contribution in [2.75, 3.05) is 19.6 Å². The van der Waals surface area contributed by atoms with E-state index < -0.39 is 0 Å². The second-order valence-corrected chi connectivity index (χ2v) is 5.91. The van der Waals surface area contributed by atoms with E-state index in [-0.39, 0.29) is 11.2 Å². The second kappa shape index (κ2) is 5.97. The van der Waals surface area contributed by atoms with Crippen molar-refractivity contribution in [1.29, 1.82) is 0 Å². The Bertz CT molecular complexity index is 500. The summed E-state index contributed by atoms with van der Waals surface area (Å²) >= 11 is 0.